The molecule has 2 bridgehead atoms. The van der Waals surface area contributed by atoms with Gasteiger partial charge in [-0.1, -0.05) is 32.1 Å². The number of aliphatic hydroxyl groups is 3. The third kappa shape index (κ3) is 3.33. The molecule has 192 valence electrons. The lowest BCUT2D eigenvalue weighted by molar-refractivity contribution is -0.202. The molecule has 3 N–H and O–H groups in total. The van der Waals surface area contributed by atoms with Gasteiger partial charge >= 0.3 is 11.9 Å². The van der Waals surface area contributed by atoms with E-state index in [-0.39, 0.29) is 36.4 Å². The first-order valence-corrected chi connectivity index (χ1v) is 12.2. The van der Waals surface area contributed by atoms with Gasteiger partial charge < -0.3 is 24.8 Å². The first-order valence-electron chi connectivity index (χ1n) is 12.2. The zero-order chi connectivity index (χ0) is 26.1. The van der Waals surface area contributed by atoms with Crippen molar-refractivity contribution < 1.29 is 39.2 Å². The molecule has 4 aliphatic carbocycles. The van der Waals surface area contributed by atoms with Gasteiger partial charge in [-0.25, -0.2) is 4.79 Å². The van der Waals surface area contributed by atoms with E-state index in [4.69, 9.17) is 9.47 Å². The maximum atomic E-state index is 14.4. The van der Waals surface area contributed by atoms with Crippen molar-refractivity contribution in [2.24, 2.45) is 34.5 Å². The summed E-state index contributed by atoms with van der Waals surface area (Å²) >= 11 is 0. The third-order valence-electron chi connectivity index (χ3n) is 9.27. The van der Waals surface area contributed by atoms with E-state index < -0.39 is 52.4 Å². The normalized spacial score (nSPS) is 44.3. The van der Waals surface area contributed by atoms with Crippen molar-refractivity contribution >= 4 is 17.7 Å². The van der Waals surface area contributed by atoms with Gasteiger partial charge in [-0.2, -0.15) is 0 Å². The first-order chi connectivity index (χ1) is 16.3. The number of allylic oxidation sites excluding steroid dienone is 2. The molecule has 0 aliphatic heterocycles. The third-order valence-corrected chi connectivity index (χ3v) is 9.27. The number of fused-ring (bicyclic) bond motifs is 3. The van der Waals surface area contributed by atoms with E-state index >= 15 is 0 Å². The molecule has 0 saturated heterocycles. The molecule has 2 saturated carbocycles. The number of Topliss-reactive ketones (excluding diaryl/α,β-unsaturated/α-hetero) is 1. The second kappa shape index (κ2) is 8.39. The Kier molecular flexibility index (Phi) is 6.18. The molecule has 8 heteroatoms. The van der Waals surface area contributed by atoms with E-state index in [1.165, 1.54) is 6.92 Å². The maximum absolute atomic E-state index is 14.4. The van der Waals surface area contributed by atoms with Crippen LogP contribution in [0.15, 0.2) is 34.9 Å². The summed E-state index contributed by atoms with van der Waals surface area (Å²) in [5, 5.41) is 34.3. The Labute approximate surface area is 205 Å². The van der Waals surface area contributed by atoms with Gasteiger partial charge in [0.15, 0.2) is 17.5 Å². The first kappa shape index (κ1) is 25.8. The molecular weight excluding hydrogens is 452 g/mol. The van der Waals surface area contributed by atoms with Crippen molar-refractivity contribution in [1.29, 1.82) is 0 Å². The molecule has 0 aromatic carbocycles. The van der Waals surface area contributed by atoms with Crippen LogP contribution in [-0.4, -0.2) is 64.1 Å². The Bertz CT molecular complexity index is 1060. The molecule has 0 heterocycles. The zero-order valence-electron chi connectivity index (χ0n) is 21.2. The average Bonchev–Trinajstić information content (AvgIpc) is 3.35. The second-order valence-electron chi connectivity index (χ2n) is 11.1. The van der Waals surface area contributed by atoms with Gasteiger partial charge in [0.1, 0.15) is 12.7 Å². The van der Waals surface area contributed by atoms with Crippen molar-refractivity contribution in [2.75, 3.05) is 13.2 Å². The number of carbonyl (C=O) groups is 3. The van der Waals surface area contributed by atoms with Gasteiger partial charge in [-0.15, -0.1) is 0 Å². The summed E-state index contributed by atoms with van der Waals surface area (Å²) in [6.45, 7) is 9.63. The maximum Gasteiger partial charge on any atom is 0.334 e. The highest BCUT2D eigenvalue weighted by Crippen LogP contribution is 2.71. The number of esters is 2. The number of ketones is 1. The van der Waals surface area contributed by atoms with Crippen LogP contribution in [0, 0.1) is 34.5 Å². The number of ether oxygens (including phenoxy) is 2. The molecule has 9 atom stereocenters. The Balaban J connectivity index is 1.90. The van der Waals surface area contributed by atoms with Crippen LogP contribution in [0.25, 0.3) is 0 Å². The average molecular weight is 489 g/mol. The highest BCUT2D eigenvalue weighted by Gasteiger charge is 2.77. The Morgan fingerprint density at radius 3 is 2.51 bits per heavy atom. The van der Waals surface area contributed by atoms with Gasteiger partial charge in [-0.05, 0) is 61.5 Å². The van der Waals surface area contributed by atoms with E-state index in [1.54, 1.807) is 39.0 Å². The summed E-state index contributed by atoms with van der Waals surface area (Å²) < 4.78 is 11.0. The summed E-state index contributed by atoms with van der Waals surface area (Å²) in [6, 6.07) is 0. The van der Waals surface area contributed by atoms with E-state index in [0.717, 1.165) is 0 Å². The predicted octanol–water partition coefficient (Wildman–Crippen LogP) is 1.88. The monoisotopic (exact) mass is 488 g/mol. The lowest BCUT2D eigenvalue weighted by Gasteiger charge is -2.48. The summed E-state index contributed by atoms with van der Waals surface area (Å²) in [5.74, 6) is -2.74. The lowest BCUT2D eigenvalue weighted by atomic mass is 9.59. The van der Waals surface area contributed by atoms with Crippen LogP contribution in [0.1, 0.15) is 48.0 Å². The fraction of sp³-hybridized carbons (Fsp3) is 0.667. The Hall–Kier alpha value is -2.29. The highest BCUT2D eigenvalue weighted by atomic mass is 16.6. The van der Waals surface area contributed by atoms with Crippen LogP contribution in [0.5, 0.6) is 0 Å². The van der Waals surface area contributed by atoms with Crippen LogP contribution in [-0.2, 0) is 23.9 Å². The van der Waals surface area contributed by atoms with Crippen molar-refractivity contribution in [1.82, 2.24) is 0 Å². The smallest absolute Gasteiger partial charge is 0.334 e. The lowest BCUT2D eigenvalue weighted by Crippen LogP contribution is -2.66. The van der Waals surface area contributed by atoms with Gasteiger partial charge in [0.05, 0.1) is 5.41 Å². The SMILES string of the molecule is CC=C(C)C(=O)OC1C(C)=CC23C(=O)C(C=C(COC(C)=O)C(O)C12O)C1C(CC3C)C1(C)CO. The molecule has 0 aromatic rings. The minimum atomic E-state index is -2.19. The molecular formula is C27H36O8. The van der Waals surface area contributed by atoms with Gasteiger partial charge in [-0.3, -0.25) is 9.59 Å². The highest BCUT2D eigenvalue weighted by molar-refractivity contribution is 5.96. The fourth-order valence-corrected chi connectivity index (χ4v) is 7.13. The van der Waals surface area contributed by atoms with E-state index in [2.05, 4.69) is 0 Å². The zero-order valence-corrected chi connectivity index (χ0v) is 21.2. The molecule has 0 radical (unpaired) electrons. The fourth-order valence-electron chi connectivity index (χ4n) is 7.13. The van der Waals surface area contributed by atoms with E-state index in [9.17, 15) is 29.7 Å². The van der Waals surface area contributed by atoms with E-state index in [1.807, 2.05) is 13.8 Å². The molecule has 2 fully saturated rings. The number of carbonyl (C=O) groups excluding carboxylic acids is 3. The van der Waals surface area contributed by atoms with Gasteiger partial charge in [0.25, 0.3) is 0 Å². The van der Waals surface area contributed by atoms with Crippen molar-refractivity contribution in [3.63, 3.8) is 0 Å². The summed E-state index contributed by atoms with van der Waals surface area (Å²) in [4.78, 5) is 38.8. The Morgan fingerprint density at radius 2 is 1.94 bits per heavy atom. The molecule has 4 aliphatic rings. The number of rotatable bonds is 5. The largest absolute Gasteiger partial charge is 0.461 e. The number of hydrogen-bond donors (Lipinski definition) is 3. The Morgan fingerprint density at radius 1 is 1.29 bits per heavy atom. The second-order valence-corrected chi connectivity index (χ2v) is 11.1. The van der Waals surface area contributed by atoms with E-state index in [0.29, 0.717) is 17.6 Å². The van der Waals surface area contributed by atoms with Crippen LogP contribution in [0.2, 0.25) is 0 Å². The molecule has 0 amide bonds. The standard InChI is InChI=1S/C27H36O8/c1-7-13(2)24(32)35-23-14(3)10-26-15(4)8-19-20(25(19,6)12-28)18(22(26)31)9-17(11-34-16(5)29)21(30)27(23,26)33/h7,9-10,15,18-21,23,28,30,33H,8,11-12H2,1-6H3. The number of aliphatic hydroxyl groups excluding tert-OH is 2. The summed E-state index contributed by atoms with van der Waals surface area (Å²) in [6.07, 6.45) is 2.54. The van der Waals surface area contributed by atoms with Crippen LogP contribution >= 0.6 is 0 Å². The summed E-state index contributed by atoms with van der Waals surface area (Å²) in [7, 11) is 0. The van der Waals surface area contributed by atoms with Crippen molar-refractivity contribution in [3.8, 4) is 0 Å². The van der Waals surface area contributed by atoms with Crippen LogP contribution < -0.4 is 0 Å². The molecule has 9 unspecified atom stereocenters. The molecule has 8 nitrogen and oxygen atoms in total. The minimum absolute atomic E-state index is 0.0436. The van der Waals surface area contributed by atoms with Crippen molar-refractivity contribution in [2.45, 2.75) is 65.8 Å². The van der Waals surface area contributed by atoms with Gasteiger partial charge in [0, 0.05) is 25.0 Å². The molecule has 1 spiro atoms. The molecule has 35 heavy (non-hydrogen) atoms. The number of hydrogen-bond acceptors (Lipinski definition) is 8. The van der Waals surface area contributed by atoms with Crippen LogP contribution in [0.3, 0.4) is 0 Å². The quantitative estimate of drug-likeness (QED) is 0.304. The topological polar surface area (TPSA) is 130 Å². The predicted molar refractivity (Wildman–Crippen MR) is 126 cm³/mol. The minimum Gasteiger partial charge on any atom is -0.461 e. The van der Waals surface area contributed by atoms with Crippen LogP contribution in [0.4, 0.5) is 0 Å². The summed E-state index contributed by atoms with van der Waals surface area (Å²) in [5.41, 5.74) is -3.16. The van der Waals surface area contributed by atoms with Gasteiger partial charge in [0.2, 0.25) is 0 Å². The molecule has 4 rings (SSSR count). The molecule has 0 aromatic heterocycles. The van der Waals surface area contributed by atoms with Crippen molar-refractivity contribution in [3.05, 3.63) is 34.9 Å².